The van der Waals surface area contributed by atoms with Crippen LogP contribution >= 0.6 is 11.6 Å². The molecule has 118 valence electrons. The number of non-ortho nitro benzene ring substituents is 1. The lowest BCUT2D eigenvalue weighted by atomic mass is 10.2. The van der Waals surface area contributed by atoms with Crippen molar-refractivity contribution in [2.45, 2.75) is 0 Å². The zero-order chi connectivity index (χ0) is 16.7. The average molecular weight is 334 g/mol. The highest BCUT2D eigenvalue weighted by Crippen LogP contribution is 2.15. The summed E-state index contributed by atoms with van der Waals surface area (Å²) in [6.07, 6.45) is 1.31. The first kappa shape index (κ1) is 16.4. The van der Waals surface area contributed by atoms with E-state index in [4.69, 9.17) is 16.3 Å². The number of amides is 1. The van der Waals surface area contributed by atoms with Crippen LogP contribution in [0.3, 0.4) is 0 Å². The molecule has 7 nitrogen and oxygen atoms in total. The fourth-order valence-corrected chi connectivity index (χ4v) is 1.74. The van der Waals surface area contributed by atoms with E-state index >= 15 is 0 Å². The largest absolute Gasteiger partial charge is 0.484 e. The summed E-state index contributed by atoms with van der Waals surface area (Å²) in [6, 6.07) is 12.5. The number of ether oxygens (including phenoxy) is 1. The van der Waals surface area contributed by atoms with E-state index in [0.29, 0.717) is 16.3 Å². The number of carbonyl (C=O) groups is 1. The number of hydrogen-bond acceptors (Lipinski definition) is 5. The SMILES string of the molecule is O=C(COc1ccc(Cl)cc1)N/N=C\c1cccc([N+](=O)[O-])c1. The second-order valence-corrected chi connectivity index (χ2v) is 4.82. The summed E-state index contributed by atoms with van der Waals surface area (Å²) >= 11 is 5.74. The minimum atomic E-state index is -0.504. The van der Waals surface area contributed by atoms with Gasteiger partial charge in [-0.25, -0.2) is 5.43 Å². The Hall–Kier alpha value is -2.93. The van der Waals surface area contributed by atoms with Crippen LogP contribution in [0.2, 0.25) is 5.02 Å². The zero-order valence-corrected chi connectivity index (χ0v) is 12.6. The average Bonchev–Trinajstić information content (AvgIpc) is 2.54. The van der Waals surface area contributed by atoms with E-state index in [2.05, 4.69) is 10.5 Å². The molecule has 0 fully saturated rings. The van der Waals surface area contributed by atoms with Gasteiger partial charge in [0.15, 0.2) is 6.61 Å². The topological polar surface area (TPSA) is 93.8 Å². The van der Waals surface area contributed by atoms with Crippen molar-refractivity contribution in [1.82, 2.24) is 5.43 Å². The molecule has 8 heteroatoms. The summed E-state index contributed by atoms with van der Waals surface area (Å²) in [7, 11) is 0. The Kier molecular flexibility index (Phi) is 5.65. The molecule has 0 aromatic heterocycles. The minimum Gasteiger partial charge on any atom is -0.484 e. The number of nitrogens with one attached hydrogen (secondary N) is 1. The Morgan fingerprint density at radius 3 is 2.74 bits per heavy atom. The van der Waals surface area contributed by atoms with Crippen molar-refractivity contribution >= 4 is 29.4 Å². The molecule has 0 atom stereocenters. The molecule has 0 aliphatic carbocycles. The van der Waals surface area contributed by atoms with E-state index in [1.54, 1.807) is 30.3 Å². The molecule has 0 radical (unpaired) electrons. The number of carbonyl (C=O) groups excluding carboxylic acids is 1. The molecular formula is C15H12ClN3O4. The first-order chi connectivity index (χ1) is 11.0. The Morgan fingerprint density at radius 2 is 2.04 bits per heavy atom. The highest BCUT2D eigenvalue weighted by molar-refractivity contribution is 6.30. The van der Waals surface area contributed by atoms with Crippen LogP contribution in [0.15, 0.2) is 53.6 Å². The van der Waals surface area contributed by atoms with Gasteiger partial charge < -0.3 is 4.74 Å². The number of rotatable bonds is 6. The summed E-state index contributed by atoms with van der Waals surface area (Å²) < 4.78 is 5.24. The second-order valence-electron chi connectivity index (χ2n) is 4.39. The number of hydrogen-bond donors (Lipinski definition) is 1. The van der Waals surface area contributed by atoms with Crippen LogP contribution in [0.5, 0.6) is 5.75 Å². The minimum absolute atomic E-state index is 0.0497. The van der Waals surface area contributed by atoms with Crippen molar-refractivity contribution in [3.8, 4) is 5.75 Å². The predicted molar refractivity (Wildman–Crippen MR) is 85.8 cm³/mol. The van der Waals surface area contributed by atoms with Crippen LogP contribution in [0.1, 0.15) is 5.56 Å². The van der Waals surface area contributed by atoms with Gasteiger partial charge in [0.2, 0.25) is 0 Å². The third-order valence-corrected chi connectivity index (χ3v) is 2.92. The maximum atomic E-state index is 11.6. The molecule has 2 aromatic rings. The maximum absolute atomic E-state index is 11.6. The first-order valence-corrected chi connectivity index (χ1v) is 6.87. The van der Waals surface area contributed by atoms with Crippen molar-refractivity contribution in [3.63, 3.8) is 0 Å². The van der Waals surface area contributed by atoms with Gasteiger partial charge in [0, 0.05) is 22.7 Å². The van der Waals surface area contributed by atoms with Gasteiger partial charge in [-0.15, -0.1) is 0 Å². The van der Waals surface area contributed by atoms with Gasteiger partial charge in [-0.2, -0.15) is 5.10 Å². The summed E-state index contributed by atoms with van der Waals surface area (Å²) in [6.45, 7) is -0.214. The van der Waals surface area contributed by atoms with E-state index in [-0.39, 0.29) is 12.3 Å². The van der Waals surface area contributed by atoms with Crippen LogP contribution in [-0.2, 0) is 4.79 Å². The highest BCUT2D eigenvalue weighted by Gasteiger charge is 2.04. The first-order valence-electron chi connectivity index (χ1n) is 6.49. The van der Waals surface area contributed by atoms with Crippen LogP contribution in [0, 0.1) is 10.1 Å². The van der Waals surface area contributed by atoms with Gasteiger partial charge in [-0.05, 0) is 24.3 Å². The standard InChI is InChI=1S/C15H12ClN3O4/c16-12-4-6-14(7-5-12)23-10-15(20)18-17-9-11-2-1-3-13(8-11)19(21)22/h1-9H,10H2,(H,18,20)/b17-9-. The molecule has 2 aromatic carbocycles. The van der Waals surface area contributed by atoms with Gasteiger partial charge >= 0.3 is 0 Å². The molecule has 0 heterocycles. The van der Waals surface area contributed by atoms with E-state index in [9.17, 15) is 14.9 Å². The molecule has 0 unspecified atom stereocenters. The molecule has 0 aliphatic heterocycles. The quantitative estimate of drug-likeness (QED) is 0.499. The van der Waals surface area contributed by atoms with Crippen LogP contribution < -0.4 is 10.2 Å². The summed E-state index contributed by atoms with van der Waals surface area (Å²) in [5, 5.41) is 14.9. The molecule has 0 bridgehead atoms. The Morgan fingerprint density at radius 1 is 1.30 bits per heavy atom. The number of halogens is 1. The smallest absolute Gasteiger partial charge is 0.277 e. The molecule has 0 saturated carbocycles. The molecular weight excluding hydrogens is 322 g/mol. The lowest BCUT2D eigenvalue weighted by Crippen LogP contribution is -2.24. The maximum Gasteiger partial charge on any atom is 0.277 e. The monoisotopic (exact) mass is 333 g/mol. The third kappa shape index (κ3) is 5.40. The lowest BCUT2D eigenvalue weighted by Gasteiger charge is -2.04. The Labute approximate surface area is 136 Å². The van der Waals surface area contributed by atoms with Gasteiger partial charge in [-0.3, -0.25) is 14.9 Å². The normalized spacial score (nSPS) is 10.5. The zero-order valence-electron chi connectivity index (χ0n) is 11.8. The molecule has 0 aliphatic rings. The van der Waals surface area contributed by atoms with Crippen LogP contribution in [-0.4, -0.2) is 23.7 Å². The molecule has 2 rings (SSSR count). The summed E-state index contributed by atoms with van der Waals surface area (Å²) in [5.41, 5.74) is 2.72. The summed E-state index contributed by atoms with van der Waals surface area (Å²) in [5.74, 6) is 0.0499. The fraction of sp³-hybridized carbons (Fsp3) is 0.0667. The van der Waals surface area contributed by atoms with Gasteiger partial charge in [0.05, 0.1) is 11.1 Å². The third-order valence-electron chi connectivity index (χ3n) is 2.67. The fourth-order valence-electron chi connectivity index (χ4n) is 1.61. The van der Waals surface area contributed by atoms with Crippen molar-refractivity contribution in [1.29, 1.82) is 0 Å². The predicted octanol–water partition coefficient (Wildman–Crippen LogP) is 2.78. The van der Waals surface area contributed by atoms with E-state index in [1.807, 2.05) is 0 Å². The molecule has 1 amide bonds. The number of nitro benzene ring substituents is 1. The Bertz CT molecular complexity index is 732. The van der Waals surface area contributed by atoms with Gasteiger partial charge in [0.25, 0.3) is 11.6 Å². The number of hydrazone groups is 1. The van der Waals surface area contributed by atoms with E-state index in [0.717, 1.165) is 0 Å². The van der Waals surface area contributed by atoms with Gasteiger partial charge in [0.1, 0.15) is 5.75 Å². The molecule has 0 saturated heterocycles. The highest BCUT2D eigenvalue weighted by atomic mass is 35.5. The van der Waals surface area contributed by atoms with E-state index < -0.39 is 10.8 Å². The lowest BCUT2D eigenvalue weighted by molar-refractivity contribution is -0.384. The second kappa shape index (κ2) is 7.90. The van der Waals surface area contributed by atoms with Gasteiger partial charge in [-0.1, -0.05) is 23.7 Å². The number of benzene rings is 2. The van der Waals surface area contributed by atoms with Crippen molar-refractivity contribution < 1.29 is 14.5 Å². The molecule has 23 heavy (non-hydrogen) atoms. The van der Waals surface area contributed by atoms with Crippen LogP contribution in [0.25, 0.3) is 0 Å². The van der Waals surface area contributed by atoms with E-state index in [1.165, 1.54) is 24.4 Å². The van der Waals surface area contributed by atoms with Crippen molar-refractivity contribution in [2.24, 2.45) is 5.10 Å². The summed E-state index contributed by atoms with van der Waals surface area (Å²) in [4.78, 5) is 21.7. The number of nitro groups is 1. The van der Waals surface area contributed by atoms with Crippen molar-refractivity contribution in [2.75, 3.05) is 6.61 Å². The molecule has 1 N–H and O–H groups in total. The number of nitrogens with zero attached hydrogens (tertiary/aromatic N) is 2. The Balaban J connectivity index is 1.83. The van der Waals surface area contributed by atoms with Crippen molar-refractivity contribution in [3.05, 3.63) is 69.2 Å². The van der Waals surface area contributed by atoms with Crippen LogP contribution in [0.4, 0.5) is 5.69 Å². The molecule has 0 spiro atoms.